The average Bonchev–Trinajstić information content (AvgIpc) is 2.16. The van der Waals surface area contributed by atoms with Gasteiger partial charge in [-0.3, -0.25) is 0 Å². The van der Waals surface area contributed by atoms with Crippen molar-refractivity contribution in [3.8, 4) is 5.75 Å². The Kier molecular flexibility index (Phi) is 4.04. The summed E-state index contributed by atoms with van der Waals surface area (Å²) in [5.41, 5.74) is 1.56. The molecule has 0 atom stereocenters. The molecule has 1 aromatic carbocycles. The summed E-state index contributed by atoms with van der Waals surface area (Å²) in [6, 6.07) is 5.33. The summed E-state index contributed by atoms with van der Waals surface area (Å²) in [7, 11) is 1.49. The van der Waals surface area contributed by atoms with Crippen molar-refractivity contribution in [2.75, 3.05) is 19.0 Å². The van der Waals surface area contributed by atoms with Crippen LogP contribution in [-0.2, 0) is 0 Å². The number of hydrogen-bond acceptors (Lipinski definition) is 2. The molecule has 0 heterocycles. The number of methoxy groups -OCH3 is 1. The molecular weight excluding hydrogens is 219 g/mol. The van der Waals surface area contributed by atoms with Crippen LogP contribution in [0.5, 0.6) is 5.75 Å². The number of anilines is 1. The van der Waals surface area contributed by atoms with E-state index in [0.717, 1.165) is 5.56 Å². The number of aryl methyl sites for hydroxylation is 1. The number of halogens is 3. The molecule has 0 aliphatic carbocycles. The van der Waals surface area contributed by atoms with Gasteiger partial charge in [0.25, 0.3) is 0 Å². The Balaban J connectivity index is 2.62. The van der Waals surface area contributed by atoms with Crippen LogP contribution in [0.4, 0.5) is 18.9 Å². The zero-order chi connectivity index (χ0) is 12.2. The lowest BCUT2D eigenvalue weighted by molar-refractivity contribution is -0.131. The Hall–Kier alpha value is -1.39. The largest absolute Gasteiger partial charge is 0.495 e. The fourth-order valence-corrected chi connectivity index (χ4v) is 1.30. The van der Waals surface area contributed by atoms with Crippen LogP contribution in [-0.4, -0.2) is 19.8 Å². The highest BCUT2D eigenvalue weighted by molar-refractivity contribution is 5.57. The van der Waals surface area contributed by atoms with E-state index in [2.05, 4.69) is 5.32 Å². The zero-order valence-corrected chi connectivity index (χ0v) is 9.19. The summed E-state index contributed by atoms with van der Waals surface area (Å²) in [5, 5.41) is 2.72. The first kappa shape index (κ1) is 12.7. The maximum atomic E-state index is 11.9. The lowest BCUT2D eigenvalue weighted by Gasteiger charge is -2.12. The van der Waals surface area contributed by atoms with Gasteiger partial charge in [-0.05, 0) is 24.6 Å². The molecule has 16 heavy (non-hydrogen) atoms. The van der Waals surface area contributed by atoms with Gasteiger partial charge in [0.15, 0.2) is 0 Å². The number of benzene rings is 1. The van der Waals surface area contributed by atoms with Crippen molar-refractivity contribution in [1.82, 2.24) is 0 Å². The molecule has 0 spiro atoms. The molecule has 0 saturated heterocycles. The van der Waals surface area contributed by atoms with E-state index in [1.807, 2.05) is 13.0 Å². The van der Waals surface area contributed by atoms with Crippen molar-refractivity contribution < 1.29 is 17.9 Å². The molecule has 2 nitrogen and oxygen atoms in total. The minimum absolute atomic E-state index is 0.149. The Morgan fingerprint density at radius 1 is 1.31 bits per heavy atom. The quantitative estimate of drug-likeness (QED) is 0.860. The molecule has 0 aromatic heterocycles. The van der Waals surface area contributed by atoms with Crippen LogP contribution >= 0.6 is 0 Å². The van der Waals surface area contributed by atoms with Gasteiger partial charge in [-0.15, -0.1) is 0 Å². The molecule has 0 amide bonds. The van der Waals surface area contributed by atoms with E-state index < -0.39 is 12.6 Å². The van der Waals surface area contributed by atoms with Crippen molar-refractivity contribution in [3.63, 3.8) is 0 Å². The Labute approximate surface area is 92.4 Å². The summed E-state index contributed by atoms with van der Waals surface area (Å²) < 4.78 is 40.9. The fourth-order valence-electron chi connectivity index (χ4n) is 1.30. The first-order valence-electron chi connectivity index (χ1n) is 4.87. The third-order valence-corrected chi connectivity index (χ3v) is 2.08. The van der Waals surface area contributed by atoms with Gasteiger partial charge in [0.1, 0.15) is 5.75 Å². The molecule has 1 rings (SSSR count). The second-order valence-electron chi connectivity index (χ2n) is 3.50. The SMILES string of the molecule is COc1ccc(C)cc1NCCC(F)(F)F. The maximum absolute atomic E-state index is 11.9. The lowest BCUT2D eigenvalue weighted by Crippen LogP contribution is -2.14. The zero-order valence-electron chi connectivity index (χ0n) is 9.19. The minimum atomic E-state index is -4.13. The van der Waals surface area contributed by atoms with Gasteiger partial charge in [0, 0.05) is 6.54 Å². The molecule has 0 unspecified atom stereocenters. The highest BCUT2D eigenvalue weighted by Gasteiger charge is 2.26. The number of hydrogen-bond donors (Lipinski definition) is 1. The molecular formula is C11H14F3NO. The van der Waals surface area contributed by atoms with Crippen LogP contribution in [0.2, 0.25) is 0 Å². The van der Waals surface area contributed by atoms with E-state index in [0.29, 0.717) is 11.4 Å². The number of nitrogens with one attached hydrogen (secondary N) is 1. The molecule has 0 radical (unpaired) electrons. The highest BCUT2D eigenvalue weighted by atomic mass is 19.4. The van der Waals surface area contributed by atoms with E-state index in [1.54, 1.807) is 12.1 Å². The molecule has 0 aliphatic heterocycles. The van der Waals surface area contributed by atoms with Gasteiger partial charge >= 0.3 is 6.18 Å². The summed E-state index contributed by atoms with van der Waals surface area (Å²) in [6.45, 7) is 1.72. The Morgan fingerprint density at radius 2 is 2.00 bits per heavy atom. The Bertz CT molecular complexity index is 350. The van der Waals surface area contributed by atoms with Gasteiger partial charge in [-0.1, -0.05) is 6.07 Å². The predicted molar refractivity (Wildman–Crippen MR) is 56.9 cm³/mol. The highest BCUT2D eigenvalue weighted by Crippen LogP contribution is 2.26. The van der Waals surface area contributed by atoms with Crippen LogP contribution in [0, 0.1) is 6.92 Å². The smallest absolute Gasteiger partial charge is 0.390 e. The minimum Gasteiger partial charge on any atom is -0.495 e. The summed E-state index contributed by atoms with van der Waals surface area (Å²) >= 11 is 0. The van der Waals surface area contributed by atoms with Crippen molar-refractivity contribution in [1.29, 1.82) is 0 Å². The van der Waals surface area contributed by atoms with Crippen LogP contribution in [0.1, 0.15) is 12.0 Å². The van der Waals surface area contributed by atoms with Crippen molar-refractivity contribution in [2.24, 2.45) is 0 Å². The second-order valence-corrected chi connectivity index (χ2v) is 3.50. The van der Waals surface area contributed by atoms with Gasteiger partial charge in [0.05, 0.1) is 19.2 Å². The molecule has 5 heteroatoms. The monoisotopic (exact) mass is 233 g/mol. The van der Waals surface area contributed by atoms with Crippen LogP contribution in [0.3, 0.4) is 0 Å². The summed E-state index contributed by atoms with van der Waals surface area (Å²) in [6.07, 6.45) is -4.99. The number of alkyl halides is 3. The molecule has 0 bridgehead atoms. The Morgan fingerprint density at radius 3 is 2.56 bits per heavy atom. The average molecular weight is 233 g/mol. The van der Waals surface area contributed by atoms with E-state index >= 15 is 0 Å². The standard InChI is InChI=1S/C11H14F3NO/c1-8-3-4-10(16-2)9(7-8)15-6-5-11(12,13)14/h3-4,7,15H,5-6H2,1-2H3. The summed E-state index contributed by atoms with van der Waals surface area (Å²) in [4.78, 5) is 0. The summed E-state index contributed by atoms with van der Waals surface area (Å²) in [5.74, 6) is 0.549. The van der Waals surface area contributed by atoms with Gasteiger partial charge in [0.2, 0.25) is 0 Å². The van der Waals surface area contributed by atoms with E-state index in [9.17, 15) is 13.2 Å². The van der Waals surface area contributed by atoms with Gasteiger partial charge < -0.3 is 10.1 Å². The molecule has 1 aromatic rings. The number of rotatable bonds is 4. The maximum Gasteiger partial charge on any atom is 0.390 e. The molecule has 0 fully saturated rings. The van der Waals surface area contributed by atoms with Crippen molar-refractivity contribution in [3.05, 3.63) is 23.8 Å². The van der Waals surface area contributed by atoms with E-state index in [4.69, 9.17) is 4.74 Å². The first-order valence-corrected chi connectivity index (χ1v) is 4.87. The fraction of sp³-hybridized carbons (Fsp3) is 0.455. The lowest BCUT2D eigenvalue weighted by atomic mass is 10.2. The van der Waals surface area contributed by atoms with Crippen LogP contribution in [0.25, 0.3) is 0 Å². The third-order valence-electron chi connectivity index (χ3n) is 2.08. The molecule has 1 N–H and O–H groups in total. The van der Waals surface area contributed by atoms with Crippen LogP contribution < -0.4 is 10.1 Å². The van der Waals surface area contributed by atoms with E-state index in [-0.39, 0.29) is 6.54 Å². The molecule has 90 valence electrons. The normalized spacial score (nSPS) is 11.3. The second kappa shape index (κ2) is 5.09. The van der Waals surface area contributed by atoms with Crippen LogP contribution in [0.15, 0.2) is 18.2 Å². The number of ether oxygens (including phenoxy) is 1. The topological polar surface area (TPSA) is 21.3 Å². The predicted octanol–water partition coefficient (Wildman–Crippen LogP) is 3.37. The van der Waals surface area contributed by atoms with E-state index in [1.165, 1.54) is 7.11 Å². The van der Waals surface area contributed by atoms with Crippen molar-refractivity contribution >= 4 is 5.69 Å². The first-order chi connectivity index (χ1) is 7.42. The van der Waals surface area contributed by atoms with Crippen molar-refractivity contribution in [2.45, 2.75) is 19.5 Å². The third kappa shape index (κ3) is 4.00. The molecule has 0 saturated carbocycles. The van der Waals surface area contributed by atoms with Gasteiger partial charge in [-0.2, -0.15) is 13.2 Å². The van der Waals surface area contributed by atoms with Gasteiger partial charge in [-0.25, -0.2) is 0 Å². The molecule has 0 aliphatic rings.